The molecule has 1 aromatic heterocycles. The van der Waals surface area contributed by atoms with Crippen molar-refractivity contribution in [3.8, 4) is 0 Å². The summed E-state index contributed by atoms with van der Waals surface area (Å²) < 4.78 is 0. The van der Waals surface area contributed by atoms with Crippen LogP contribution in [0.4, 0.5) is 10.8 Å². The molecule has 0 spiro atoms. The highest BCUT2D eigenvalue weighted by molar-refractivity contribution is 7.15. The van der Waals surface area contributed by atoms with Crippen molar-refractivity contribution in [2.45, 2.75) is 32.7 Å². The molecule has 0 saturated heterocycles. The van der Waals surface area contributed by atoms with Gasteiger partial charge < -0.3 is 11.1 Å². The zero-order chi connectivity index (χ0) is 13.2. The zero-order valence-corrected chi connectivity index (χ0v) is 11.8. The summed E-state index contributed by atoms with van der Waals surface area (Å²) in [5.41, 5.74) is 8.14. The first-order valence-electron chi connectivity index (χ1n) is 6.01. The summed E-state index contributed by atoms with van der Waals surface area (Å²) in [5, 5.41) is 4.18. The van der Waals surface area contributed by atoms with Crippen molar-refractivity contribution in [3.63, 3.8) is 0 Å². The fourth-order valence-electron chi connectivity index (χ4n) is 1.64. The summed E-state index contributed by atoms with van der Waals surface area (Å²) in [6, 6.07) is 8.48. The van der Waals surface area contributed by atoms with E-state index in [2.05, 4.69) is 55.3 Å². The van der Waals surface area contributed by atoms with Gasteiger partial charge in [-0.1, -0.05) is 32.9 Å². The Morgan fingerprint density at radius 3 is 2.39 bits per heavy atom. The van der Waals surface area contributed by atoms with Crippen LogP contribution in [0.25, 0.3) is 0 Å². The van der Waals surface area contributed by atoms with E-state index in [1.807, 2.05) is 6.20 Å². The lowest BCUT2D eigenvalue weighted by atomic mass is 9.87. The van der Waals surface area contributed by atoms with E-state index < -0.39 is 0 Å². The van der Waals surface area contributed by atoms with Gasteiger partial charge in [0.1, 0.15) is 0 Å². The summed E-state index contributed by atoms with van der Waals surface area (Å²) in [4.78, 5) is 5.37. The molecule has 1 heterocycles. The van der Waals surface area contributed by atoms with Gasteiger partial charge in [-0.05, 0) is 23.1 Å². The number of anilines is 2. The third-order valence-electron chi connectivity index (χ3n) is 2.76. The fourth-order valence-corrected chi connectivity index (χ4v) is 2.35. The summed E-state index contributed by atoms with van der Waals surface area (Å²) in [7, 11) is 0. The van der Waals surface area contributed by atoms with Crippen molar-refractivity contribution in [2.75, 3.05) is 5.32 Å². The average molecular weight is 261 g/mol. The number of benzene rings is 1. The Kier molecular flexibility index (Phi) is 3.68. The number of thiazole rings is 1. The van der Waals surface area contributed by atoms with Crippen molar-refractivity contribution in [2.24, 2.45) is 5.73 Å². The molecular weight excluding hydrogens is 242 g/mol. The molecule has 0 radical (unpaired) electrons. The van der Waals surface area contributed by atoms with E-state index >= 15 is 0 Å². The average Bonchev–Trinajstić information content (AvgIpc) is 2.76. The highest BCUT2D eigenvalue weighted by atomic mass is 32.1. The van der Waals surface area contributed by atoms with Crippen LogP contribution in [-0.4, -0.2) is 4.98 Å². The Morgan fingerprint density at radius 1 is 1.22 bits per heavy atom. The lowest BCUT2D eigenvalue weighted by Crippen LogP contribution is -2.10. The van der Waals surface area contributed by atoms with E-state index in [1.165, 1.54) is 5.56 Å². The Balaban J connectivity index is 2.11. The first-order chi connectivity index (χ1) is 8.49. The molecule has 1 aromatic carbocycles. The van der Waals surface area contributed by atoms with Crippen molar-refractivity contribution < 1.29 is 0 Å². The molecule has 3 nitrogen and oxygen atoms in total. The summed E-state index contributed by atoms with van der Waals surface area (Å²) in [5.74, 6) is 0. The molecule has 0 aliphatic heterocycles. The molecule has 18 heavy (non-hydrogen) atoms. The predicted octanol–water partition coefficient (Wildman–Crippen LogP) is 3.64. The first-order valence-corrected chi connectivity index (χ1v) is 6.83. The van der Waals surface area contributed by atoms with E-state index in [-0.39, 0.29) is 5.41 Å². The number of aromatic nitrogens is 1. The molecule has 0 amide bonds. The van der Waals surface area contributed by atoms with Gasteiger partial charge in [-0.15, -0.1) is 11.3 Å². The van der Waals surface area contributed by atoms with Crippen LogP contribution < -0.4 is 11.1 Å². The van der Waals surface area contributed by atoms with Crippen molar-refractivity contribution in [1.82, 2.24) is 4.98 Å². The monoisotopic (exact) mass is 261 g/mol. The van der Waals surface area contributed by atoms with Crippen LogP contribution in [0.1, 0.15) is 31.2 Å². The minimum absolute atomic E-state index is 0.187. The molecule has 0 unspecified atom stereocenters. The highest BCUT2D eigenvalue weighted by Gasteiger charge is 2.12. The molecular formula is C14H19N3S. The van der Waals surface area contributed by atoms with Crippen molar-refractivity contribution >= 4 is 22.2 Å². The van der Waals surface area contributed by atoms with E-state index in [4.69, 9.17) is 5.73 Å². The molecule has 0 bridgehead atoms. The normalized spacial score (nSPS) is 11.6. The molecule has 0 aliphatic rings. The maximum Gasteiger partial charge on any atom is 0.187 e. The Bertz CT molecular complexity index is 509. The lowest BCUT2D eigenvalue weighted by molar-refractivity contribution is 0.590. The van der Waals surface area contributed by atoms with Gasteiger partial charge in [-0.3, -0.25) is 0 Å². The molecule has 0 fully saturated rings. The number of nitrogens with two attached hydrogens (primary N) is 1. The van der Waals surface area contributed by atoms with Crippen LogP contribution in [0.15, 0.2) is 30.5 Å². The minimum atomic E-state index is 0.187. The second-order valence-corrected chi connectivity index (χ2v) is 6.40. The van der Waals surface area contributed by atoms with Gasteiger partial charge in [0.05, 0.1) is 0 Å². The maximum absolute atomic E-state index is 5.57. The number of hydrogen-bond acceptors (Lipinski definition) is 4. The molecule has 96 valence electrons. The van der Waals surface area contributed by atoms with Crippen LogP contribution in [-0.2, 0) is 12.0 Å². The molecule has 0 aliphatic carbocycles. The van der Waals surface area contributed by atoms with Gasteiger partial charge in [0.2, 0.25) is 0 Å². The van der Waals surface area contributed by atoms with E-state index in [0.717, 1.165) is 15.7 Å². The predicted molar refractivity (Wildman–Crippen MR) is 78.4 cm³/mol. The van der Waals surface area contributed by atoms with E-state index in [0.29, 0.717) is 6.54 Å². The zero-order valence-electron chi connectivity index (χ0n) is 11.0. The molecule has 2 rings (SSSR count). The maximum atomic E-state index is 5.57. The minimum Gasteiger partial charge on any atom is -0.332 e. The van der Waals surface area contributed by atoms with Gasteiger partial charge >= 0.3 is 0 Å². The van der Waals surface area contributed by atoms with Crippen LogP contribution in [0.2, 0.25) is 0 Å². The summed E-state index contributed by atoms with van der Waals surface area (Å²) in [6.45, 7) is 7.18. The Labute approximate surface area is 112 Å². The standard InChI is InChI=1S/C14H19N3S/c1-14(2,3)10-4-6-11(7-5-10)17-13-16-9-12(8-15)18-13/h4-7,9H,8,15H2,1-3H3,(H,16,17). The number of nitrogens with zero attached hydrogens (tertiary/aromatic N) is 1. The van der Waals surface area contributed by atoms with Crippen molar-refractivity contribution in [3.05, 3.63) is 40.9 Å². The first kappa shape index (κ1) is 13.1. The number of rotatable bonds is 3. The van der Waals surface area contributed by atoms with Gasteiger partial charge in [0.15, 0.2) is 5.13 Å². The lowest BCUT2D eigenvalue weighted by Gasteiger charge is -2.19. The van der Waals surface area contributed by atoms with Gasteiger partial charge in [-0.25, -0.2) is 4.98 Å². The fraction of sp³-hybridized carbons (Fsp3) is 0.357. The third kappa shape index (κ3) is 3.09. The number of nitrogens with one attached hydrogen (secondary N) is 1. The van der Waals surface area contributed by atoms with Crippen LogP contribution in [0.3, 0.4) is 0 Å². The summed E-state index contributed by atoms with van der Waals surface area (Å²) in [6.07, 6.45) is 1.82. The van der Waals surface area contributed by atoms with E-state index in [9.17, 15) is 0 Å². The Hall–Kier alpha value is -1.39. The molecule has 2 aromatic rings. The van der Waals surface area contributed by atoms with Gasteiger partial charge in [-0.2, -0.15) is 0 Å². The molecule has 4 heteroatoms. The smallest absolute Gasteiger partial charge is 0.187 e. The third-order valence-corrected chi connectivity index (χ3v) is 3.69. The topological polar surface area (TPSA) is 50.9 Å². The second kappa shape index (κ2) is 5.08. The van der Waals surface area contributed by atoms with Gasteiger partial charge in [0, 0.05) is 23.3 Å². The second-order valence-electron chi connectivity index (χ2n) is 5.29. The SMILES string of the molecule is CC(C)(C)c1ccc(Nc2ncc(CN)s2)cc1. The van der Waals surface area contributed by atoms with Crippen LogP contribution >= 0.6 is 11.3 Å². The van der Waals surface area contributed by atoms with Crippen LogP contribution in [0.5, 0.6) is 0 Å². The van der Waals surface area contributed by atoms with Crippen LogP contribution in [0, 0.1) is 0 Å². The largest absolute Gasteiger partial charge is 0.332 e. The summed E-state index contributed by atoms with van der Waals surface area (Å²) >= 11 is 1.59. The number of hydrogen-bond donors (Lipinski definition) is 2. The van der Waals surface area contributed by atoms with E-state index in [1.54, 1.807) is 11.3 Å². The molecule has 0 saturated carbocycles. The van der Waals surface area contributed by atoms with Gasteiger partial charge in [0.25, 0.3) is 0 Å². The van der Waals surface area contributed by atoms with Crippen molar-refractivity contribution in [1.29, 1.82) is 0 Å². The Morgan fingerprint density at radius 2 is 1.89 bits per heavy atom. The molecule has 3 N–H and O–H groups in total. The quantitative estimate of drug-likeness (QED) is 0.886. The molecule has 0 atom stereocenters. The highest BCUT2D eigenvalue weighted by Crippen LogP contribution is 2.26.